The molecule has 0 spiro atoms. The minimum atomic E-state index is -0.555. The number of pyridine rings is 2. The van der Waals surface area contributed by atoms with Crippen LogP contribution in [0.4, 0.5) is 5.82 Å². The quantitative estimate of drug-likeness (QED) is 0.532. The van der Waals surface area contributed by atoms with Crippen LogP contribution < -0.4 is 4.74 Å². The van der Waals surface area contributed by atoms with Gasteiger partial charge in [0.1, 0.15) is 12.3 Å². The van der Waals surface area contributed by atoms with Gasteiger partial charge in [0.25, 0.3) is 0 Å². The molecular weight excluding hydrogens is 318 g/mol. The molecular formula is C16H12ClN3O3. The third-order valence-corrected chi connectivity index (χ3v) is 3.66. The van der Waals surface area contributed by atoms with Crippen LogP contribution in [-0.4, -0.2) is 14.9 Å². The number of fused-ring (bicyclic) bond motifs is 1. The Kier molecular flexibility index (Phi) is 4.08. The second kappa shape index (κ2) is 6.18. The second-order valence-corrected chi connectivity index (χ2v) is 5.33. The molecule has 3 aromatic rings. The normalized spacial score (nSPS) is 10.7. The van der Waals surface area contributed by atoms with Gasteiger partial charge in [0, 0.05) is 29.1 Å². The van der Waals surface area contributed by atoms with E-state index in [9.17, 15) is 10.1 Å². The maximum Gasteiger partial charge on any atom is 0.406 e. The van der Waals surface area contributed by atoms with Crippen molar-refractivity contribution in [3.05, 3.63) is 69.0 Å². The molecule has 0 aliphatic rings. The lowest BCUT2D eigenvalue weighted by Crippen LogP contribution is -2.02. The smallest absolute Gasteiger partial charge is 0.406 e. The van der Waals surface area contributed by atoms with E-state index in [1.165, 1.54) is 0 Å². The Morgan fingerprint density at radius 1 is 1.26 bits per heavy atom. The van der Waals surface area contributed by atoms with Crippen LogP contribution in [0.1, 0.15) is 11.3 Å². The van der Waals surface area contributed by atoms with Crippen molar-refractivity contribution in [3.8, 4) is 5.75 Å². The number of aryl methyl sites for hydroxylation is 1. The van der Waals surface area contributed by atoms with Crippen LogP contribution in [0.2, 0.25) is 5.02 Å². The molecule has 0 aliphatic carbocycles. The Morgan fingerprint density at radius 2 is 2.09 bits per heavy atom. The molecule has 0 saturated heterocycles. The molecule has 6 nitrogen and oxygen atoms in total. The topological polar surface area (TPSA) is 78.2 Å². The van der Waals surface area contributed by atoms with E-state index in [4.69, 9.17) is 16.3 Å². The van der Waals surface area contributed by atoms with Crippen LogP contribution in [-0.2, 0) is 6.61 Å². The van der Waals surface area contributed by atoms with Crippen molar-refractivity contribution in [2.45, 2.75) is 13.5 Å². The number of aromatic nitrogens is 2. The summed E-state index contributed by atoms with van der Waals surface area (Å²) < 4.78 is 5.60. The van der Waals surface area contributed by atoms with Crippen LogP contribution in [0.5, 0.6) is 5.75 Å². The van der Waals surface area contributed by atoms with Crippen LogP contribution in [0.25, 0.3) is 10.9 Å². The van der Waals surface area contributed by atoms with Gasteiger partial charge in [0.2, 0.25) is 5.75 Å². The van der Waals surface area contributed by atoms with Gasteiger partial charge in [-0.25, -0.2) is 0 Å². The highest BCUT2D eigenvalue weighted by atomic mass is 35.5. The molecule has 0 amide bonds. The number of ether oxygens (including phenoxy) is 1. The standard InChI is InChI=1S/C16H12ClN3O3/c1-10-4-7-14(16(19-10)20(21)22)23-9-11-5-6-13(17)12-3-2-8-18-15(11)12/h2-8H,9H2,1H3. The number of hydrogen-bond acceptors (Lipinski definition) is 5. The monoisotopic (exact) mass is 329 g/mol. The minimum Gasteiger partial charge on any atom is -0.481 e. The molecule has 2 aromatic heterocycles. The second-order valence-electron chi connectivity index (χ2n) is 4.93. The van der Waals surface area contributed by atoms with Crippen LogP contribution in [0.3, 0.4) is 0 Å². The molecule has 7 heteroatoms. The Balaban J connectivity index is 1.93. The van der Waals surface area contributed by atoms with Gasteiger partial charge in [-0.05, 0) is 40.2 Å². The zero-order chi connectivity index (χ0) is 16.4. The number of rotatable bonds is 4. The van der Waals surface area contributed by atoms with E-state index in [0.717, 1.165) is 10.9 Å². The van der Waals surface area contributed by atoms with E-state index in [0.29, 0.717) is 16.2 Å². The van der Waals surface area contributed by atoms with Crippen molar-refractivity contribution in [2.75, 3.05) is 0 Å². The molecule has 116 valence electrons. The fourth-order valence-electron chi connectivity index (χ4n) is 2.24. The van der Waals surface area contributed by atoms with Crippen molar-refractivity contribution < 1.29 is 9.66 Å². The molecule has 0 atom stereocenters. The van der Waals surface area contributed by atoms with Gasteiger partial charge in [0.05, 0.1) is 5.52 Å². The maximum absolute atomic E-state index is 11.1. The van der Waals surface area contributed by atoms with Crippen molar-refractivity contribution >= 4 is 28.3 Å². The highest BCUT2D eigenvalue weighted by Gasteiger charge is 2.18. The Labute approximate surface area is 136 Å². The van der Waals surface area contributed by atoms with Crippen molar-refractivity contribution in [2.24, 2.45) is 0 Å². The molecule has 2 heterocycles. The summed E-state index contributed by atoms with van der Waals surface area (Å²) in [7, 11) is 0. The van der Waals surface area contributed by atoms with Gasteiger partial charge >= 0.3 is 5.82 Å². The average molecular weight is 330 g/mol. The predicted octanol–water partition coefficient (Wildman–Crippen LogP) is 4.08. The Bertz CT molecular complexity index is 899. The van der Waals surface area contributed by atoms with Gasteiger partial charge < -0.3 is 14.9 Å². The van der Waals surface area contributed by atoms with E-state index in [1.54, 1.807) is 43.5 Å². The third-order valence-electron chi connectivity index (χ3n) is 3.33. The van der Waals surface area contributed by atoms with Crippen LogP contribution in [0.15, 0.2) is 42.6 Å². The van der Waals surface area contributed by atoms with E-state index in [-0.39, 0.29) is 18.2 Å². The van der Waals surface area contributed by atoms with Crippen LogP contribution in [0, 0.1) is 17.0 Å². The van der Waals surface area contributed by atoms with Crippen molar-refractivity contribution in [1.82, 2.24) is 9.97 Å². The fourth-order valence-corrected chi connectivity index (χ4v) is 2.46. The lowest BCUT2D eigenvalue weighted by Gasteiger charge is -2.09. The molecule has 0 bridgehead atoms. The molecule has 23 heavy (non-hydrogen) atoms. The Morgan fingerprint density at radius 3 is 2.87 bits per heavy atom. The first-order valence-electron chi connectivity index (χ1n) is 6.83. The zero-order valence-electron chi connectivity index (χ0n) is 12.2. The average Bonchev–Trinajstić information content (AvgIpc) is 2.55. The van der Waals surface area contributed by atoms with Gasteiger partial charge in [0.15, 0.2) is 0 Å². The molecule has 0 unspecified atom stereocenters. The molecule has 0 fully saturated rings. The van der Waals surface area contributed by atoms with E-state index >= 15 is 0 Å². The Hall–Kier alpha value is -2.73. The van der Waals surface area contributed by atoms with Gasteiger partial charge in [-0.15, -0.1) is 0 Å². The van der Waals surface area contributed by atoms with Gasteiger partial charge in [-0.2, -0.15) is 0 Å². The van der Waals surface area contributed by atoms with E-state index in [2.05, 4.69) is 9.97 Å². The lowest BCUT2D eigenvalue weighted by molar-refractivity contribution is -0.390. The number of nitro groups is 1. The first-order chi connectivity index (χ1) is 11.1. The summed E-state index contributed by atoms with van der Waals surface area (Å²) in [6.45, 7) is 1.82. The SMILES string of the molecule is Cc1ccc(OCc2ccc(Cl)c3cccnc23)c([N+](=O)[O-])n1. The lowest BCUT2D eigenvalue weighted by atomic mass is 10.1. The van der Waals surface area contributed by atoms with Crippen molar-refractivity contribution in [1.29, 1.82) is 0 Å². The van der Waals surface area contributed by atoms with E-state index < -0.39 is 4.92 Å². The first-order valence-corrected chi connectivity index (χ1v) is 7.21. The van der Waals surface area contributed by atoms with Gasteiger partial charge in [-0.1, -0.05) is 17.7 Å². The number of hydrogen-bond donors (Lipinski definition) is 0. The minimum absolute atomic E-state index is 0.125. The summed E-state index contributed by atoms with van der Waals surface area (Å²) in [5, 5.41) is 12.5. The maximum atomic E-state index is 11.1. The molecule has 0 N–H and O–H groups in total. The van der Waals surface area contributed by atoms with Crippen LogP contribution >= 0.6 is 11.6 Å². The number of nitrogens with zero attached hydrogens (tertiary/aromatic N) is 3. The fraction of sp³-hybridized carbons (Fsp3) is 0.125. The summed E-state index contributed by atoms with van der Waals surface area (Å²) in [5.41, 5.74) is 2.06. The summed E-state index contributed by atoms with van der Waals surface area (Å²) in [6, 6.07) is 10.4. The third kappa shape index (κ3) is 3.07. The van der Waals surface area contributed by atoms with Crippen molar-refractivity contribution in [3.63, 3.8) is 0 Å². The molecule has 0 saturated carbocycles. The summed E-state index contributed by atoms with van der Waals surface area (Å²) >= 11 is 6.15. The van der Waals surface area contributed by atoms with E-state index in [1.807, 2.05) is 6.07 Å². The predicted molar refractivity (Wildman–Crippen MR) is 86.7 cm³/mol. The molecule has 3 rings (SSSR count). The highest BCUT2D eigenvalue weighted by molar-refractivity contribution is 6.35. The largest absolute Gasteiger partial charge is 0.481 e. The summed E-state index contributed by atoms with van der Waals surface area (Å²) in [6.07, 6.45) is 1.66. The number of halogens is 1. The highest BCUT2D eigenvalue weighted by Crippen LogP contribution is 2.28. The summed E-state index contributed by atoms with van der Waals surface area (Å²) in [4.78, 5) is 18.7. The number of benzene rings is 1. The first kappa shape index (κ1) is 15.2. The molecule has 1 aromatic carbocycles. The molecule has 0 radical (unpaired) electrons. The summed E-state index contributed by atoms with van der Waals surface area (Å²) in [5.74, 6) is -0.171. The molecule has 0 aliphatic heterocycles. The van der Waals surface area contributed by atoms with Gasteiger partial charge in [-0.3, -0.25) is 4.98 Å². The zero-order valence-corrected chi connectivity index (χ0v) is 12.9.